The predicted molar refractivity (Wildman–Crippen MR) is 88.1 cm³/mol. The largest absolute Gasteiger partial charge is 0.311 e. The van der Waals surface area contributed by atoms with Crippen molar-refractivity contribution in [3.05, 3.63) is 0 Å². The van der Waals surface area contributed by atoms with Gasteiger partial charge in [-0.1, -0.05) is 52.9 Å². The zero-order valence-corrected chi connectivity index (χ0v) is 14.0. The smallest absolute Gasteiger partial charge is 0.0218 e. The molecule has 1 aliphatic heterocycles. The van der Waals surface area contributed by atoms with Gasteiger partial charge in [0.2, 0.25) is 0 Å². The van der Waals surface area contributed by atoms with Crippen LogP contribution >= 0.6 is 0 Å². The standard InChI is InChI=1S/C18H36N2/c1-4-18-13-19-17(12-15(2)3)14-20(18)11-10-16-8-6-5-7-9-16/h15-19H,4-14H2,1-3H3. The normalized spacial score (nSPS) is 30.0. The van der Waals surface area contributed by atoms with Crippen molar-refractivity contribution in [1.29, 1.82) is 0 Å². The summed E-state index contributed by atoms with van der Waals surface area (Å²) < 4.78 is 0. The third kappa shape index (κ3) is 5.04. The van der Waals surface area contributed by atoms with Gasteiger partial charge in [0.05, 0.1) is 0 Å². The molecule has 2 aliphatic rings. The van der Waals surface area contributed by atoms with Crippen molar-refractivity contribution >= 4 is 0 Å². The van der Waals surface area contributed by atoms with E-state index in [9.17, 15) is 0 Å². The van der Waals surface area contributed by atoms with Crippen molar-refractivity contribution in [2.75, 3.05) is 19.6 Å². The van der Waals surface area contributed by atoms with E-state index >= 15 is 0 Å². The molecule has 0 bridgehead atoms. The zero-order chi connectivity index (χ0) is 14.4. The molecule has 0 aromatic rings. The molecule has 2 heteroatoms. The number of nitrogens with one attached hydrogen (secondary N) is 1. The first-order valence-corrected chi connectivity index (χ1v) is 9.16. The molecule has 2 fully saturated rings. The Labute approximate surface area is 126 Å². The van der Waals surface area contributed by atoms with Crippen molar-refractivity contribution in [3.8, 4) is 0 Å². The highest BCUT2D eigenvalue weighted by Crippen LogP contribution is 2.27. The molecule has 0 spiro atoms. The van der Waals surface area contributed by atoms with Crippen molar-refractivity contribution in [2.45, 2.75) is 84.2 Å². The minimum absolute atomic E-state index is 0.726. The van der Waals surface area contributed by atoms with Gasteiger partial charge in [-0.05, 0) is 37.6 Å². The lowest BCUT2D eigenvalue weighted by Gasteiger charge is -2.41. The summed E-state index contributed by atoms with van der Waals surface area (Å²) in [7, 11) is 0. The van der Waals surface area contributed by atoms with Gasteiger partial charge >= 0.3 is 0 Å². The van der Waals surface area contributed by atoms with Crippen LogP contribution < -0.4 is 5.32 Å². The number of rotatable bonds is 6. The Bertz CT molecular complexity index is 258. The van der Waals surface area contributed by atoms with Gasteiger partial charge in [0, 0.05) is 25.2 Å². The number of nitrogens with zero attached hydrogens (tertiary/aromatic N) is 1. The van der Waals surface area contributed by atoms with E-state index in [2.05, 4.69) is 31.0 Å². The van der Waals surface area contributed by atoms with Crippen LogP contribution in [0.5, 0.6) is 0 Å². The van der Waals surface area contributed by atoms with E-state index in [1.165, 1.54) is 71.0 Å². The maximum Gasteiger partial charge on any atom is 0.0218 e. The Morgan fingerprint density at radius 1 is 1.15 bits per heavy atom. The Morgan fingerprint density at radius 2 is 1.90 bits per heavy atom. The molecule has 2 nitrogen and oxygen atoms in total. The molecule has 2 unspecified atom stereocenters. The van der Waals surface area contributed by atoms with E-state index in [1.807, 2.05) is 0 Å². The van der Waals surface area contributed by atoms with Crippen LogP contribution in [0.25, 0.3) is 0 Å². The van der Waals surface area contributed by atoms with Crippen LogP contribution in [0, 0.1) is 11.8 Å². The molecule has 1 saturated heterocycles. The lowest BCUT2D eigenvalue weighted by molar-refractivity contribution is 0.108. The number of hydrogen-bond donors (Lipinski definition) is 1. The van der Waals surface area contributed by atoms with Gasteiger partial charge < -0.3 is 5.32 Å². The van der Waals surface area contributed by atoms with Crippen LogP contribution in [0.1, 0.15) is 72.1 Å². The molecule has 1 N–H and O–H groups in total. The van der Waals surface area contributed by atoms with E-state index in [0.717, 1.165) is 23.9 Å². The highest BCUT2D eigenvalue weighted by Gasteiger charge is 2.27. The molecular formula is C18H36N2. The SMILES string of the molecule is CCC1CNC(CC(C)C)CN1CCC1CCCCC1. The first-order chi connectivity index (χ1) is 9.69. The van der Waals surface area contributed by atoms with Gasteiger partial charge in [0.1, 0.15) is 0 Å². The summed E-state index contributed by atoms with van der Waals surface area (Å²) in [6.07, 6.45) is 11.5. The van der Waals surface area contributed by atoms with E-state index in [4.69, 9.17) is 0 Å². The Morgan fingerprint density at radius 3 is 2.55 bits per heavy atom. The van der Waals surface area contributed by atoms with Gasteiger partial charge in [-0.15, -0.1) is 0 Å². The van der Waals surface area contributed by atoms with Crippen molar-refractivity contribution in [3.63, 3.8) is 0 Å². The topological polar surface area (TPSA) is 15.3 Å². The second kappa shape index (κ2) is 8.38. The van der Waals surface area contributed by atoms with Crippen molar-refractivity contribution < 1.29 is 0 Å². The summed E-state index contributed by atoms with van der Waals surface area (Å²) in [5.74, 6) is 1.84. The Hall–Kier alpha value is -0.0800. The maximum absolute atomic E-state index is 3.78. The molecule has 0 radical (unpaired) electrons. The molecule has 2 atom stereocenters. The highest BCUT2D eigenvalue weighted by atomic mass is 15.2. The fraction of sp³-hybridized carbons (Fsp3) is 1.00. The summed E-state index contributed by atoms with van der Waals surface area (Å²) in [5, 5.41) is 3.78. The monoisotopic (exact) mass is 280 g/mol. The average molecular weight is 280 g/mol. The van der Waals surface area contributed by atoms with Gasteiger partial charge in [-0.25, -0.2) is 0 Å². The lowest BCUT2D eigenvalue weighted by atomic mass is 9.86. The molecule has 0 amide bonds. The third-order valence-electron chi connectivity index (χ3n) is 5.39. The second-order valence-corrected chi connectivity index (χ2v) is 7.58. The molecule has 0 aromatic heterocycles. The number of piperazine rings is 1. The Balaban J connectivity index is 1.78. The molecule has 1 heterocycles. The van der Waals surface area contributed by atoms with Crippen LogP contribution in [0.3, 0.4) is 0 Å². The van der Waals surface area contributed by atoms with Gasteiger partial charge in [-0.2, -0.15) is 0 Å². The minimum atomic E-state index is 0.726. The summed E-state index contributed by atoms with van der Waals surface area (Å²) in [6.45, 7) is 10.9. The van der Waals surface area contributed by atoms with Crippen LogP contribution in [-0.2, 0) is 0 Å². The zero-order valence-electron chi connectivity index (χ0n) is 14.0. The second-order valence-electron chi connectivity index (χ2n) is 7.58. The van der Waals surface area contributed by atoms with E-state index in [-0.39, 0.29) is 0 Å². The van der Waals surface area contributed by atoms with Crippen LogP contribution in [-0.4, -0.2) is 36.6 Å². The fourth-order valence-corrected chi connectivity index (χ4v) is 4.16. The van der Waals surface area contributed by atoms with E-state index in [0.29, 0.717) is 0 Å². The molecule has 20 heavy (non-hydrogen) atoms. The molecular weight excluding hydrogens is 244 g/mol. The van der Waals surface area contributed by atoms with E-state index in [1.54, 1.807) is 0 Å². The van der Waals surface area contributed by atoms with Crippen LogP contribution in [0.4, 0.5) is 0 Å². The first kappa shape index (κ1) is 16.3. The Kier molecular flexibility index (Phi) is 6.83. The van der Waals surface area contributed by atoms with Gasteiger partial charge in [0.25, 0.3) is 0 Å². The van der Waals surface area contributed by atoms with Crippen molar-refractivity contribution in [1.82, 2.24) is 10.2 Å². The maximum atomic E-state index is 3.78. The van der Waals surface area contributed by atoms with Gasteiger partial charge in [0.15, 0.2) is 0 Å². The summed E-state index contributed by atoms with van der Waals surface area (Å²) in [6, 6.07) is 1.51. The fourth-order valence-electron chi connectivity index (χ4n) is 4.16. The summed E-state index contributed by atoms with van der Waals surface area (Å²) >= 11 is 0. The van der Waals surface area contributed by atoms with Crippen LogP contribution in [0.15, 0.2) is 0 Å². The average Bonchev–Trinajstić information content (AvgIpc) is 2.46. The highest BCUT2D eigenvalue weighted by molar-refractivity contribution is 4.86. The molecule has 1 saturated carbocycles. The molecule has 118 valence electrons. The third-order valence-corrected chi connectivity index (χ3v) is 5.39. The lowest BCUT2D eigenvalue weighted by Crippen LogP contribution is -2.56. The van der Waals surface area contributed by atoms with Crippen molar-refractivity contribution in [2.24, 2.45) is 11.8 Å². The van der Waals surface area contributed by atoms with E-state index < -0.39 is 0 Å². The molecule has 2 rings (SSSR count). The summed E-state index contributed by atoms with van der Waals surface area (Å²) in [4.78, 5) is 2.80. The van der Waals surface area contributed by atoms with Crippen LogP contribution in [0.2, 0.25) is 0 Å². The molecule has 1 aliphatic carbocycles. The van der Waals surface area contributed by atoms with Gasteiger partial charge in [-0.3, -0.25) is 4.90 Å². The minimum Gasteiger partial charge on any atom is -0.311 e. The predicted octanol–water partition coefficient (Wildman–Crippen LogP) is 4.06. The first-order valence-electron chi connectivity index (χ1n) is 9.16. The quantitative estimate of drug-likeness (QED) is 0.789. The number of hydrogen-bond acceptors (Lipinski definition) is 2. The summed E-state index contributed by atoms with van der Waals surface area (Å²) in [5.41, 5.74) is 0. The molecule has 0 aromatic carbocycles.